The number of benzene rings is 1. The first-order valence-corrected chi connectivity index (χ1v) is 7.28. The van der Waals surface area contributed by atoms with Crippen molar-refractivity contribution in [2.75, 3.05) is 33.5 Å². The number of thioether (sulfide) groups is 1. The van der Waals surface area contributed by atoms with Gasteiger partial charge in [0.1, 0.15) is 0 Å². The summed E-state index contributed by atoms with van der Waals surface area (Å²) in [4.78, 5) is 14.7. The molecule has 3 nitrogen and oxygen atoms in total. The lowest BCUT2D eigenvalue weighted by Crippen LogP contribution is -2.30. The lowest BCUT2D eigenvalue weighted by atomic mass is 9.96. The smallest absolute Gasteiger partial charge is 0.337 e. The van der Waals surface area contributed by atoms with Crippen LogP contribution in [0.15, 0.2) is 29.2 Å². The zero-order valence-corrected chi connectivity index (χ0v) is 13.2. The first-order valence-electron chi connectivity index (χ1n) is 6.30. The van der Waals surface area contributed by atoms with Gasteiger partial charge in [0.25, 0.3) is 0 Å². The van der Waals surface area contributed by atoms with Gasteiger partial charge in [0.05, 0.1) is 12.7 Å². The molecule has 0 saturated carbocycles. The molecule has 0 N–H and O–H groups in total. The normalized spacial score (nSPS) is 11.7. The summed E-state index contributed by atoms with van der Waals surface area (Å²) in [5.41, 5.74) is 0.856. The van der Waals surface area contributed by atoms with Gasteiger partial charge >= 0.3 is 5.97 Å². The molecule has 0 radical (unpaired) electrons. The Morgan fingerprint density at radius 3 is 2.32 bits per heavy atom. The first-order chi connectivity index (χ1) is 8.84. The minimum absolute atomic E-state index is 0.259. The van der Waals surface area contributed by atoms with Crippen LogP contribution in [-0.2, 0) is 4.74 Å². The zero-order valence-electron chi connectivity index (χ0n) is 12.4. The molecule has 0 heterocycles. The highest BCUT2D eigenvalue weighted by atomic mass is 32.2. The van der Waals surface area contributed by atoms with Gasteiger partial charge in [0.2, 0.25) is 0 Å². The molecule has 0 bridgehead atoms. The summed E-state index contributed by atoms with van der Waals surface area (Å²) in [5.74, 6) is 0.757. The molecule has 19 heavy (non-hydrogen) atoms. The number of nitrogens with zero attached hydrogens (tertiary/aromatic N) is 1. The van der Waals surface area contributed by atoms with Gasteiger partial charge in [-0.15, -0.1) is 11.8 Å². The third-order valence-electron chi connectivity index (χ3n) is 2.65. The van der Waals surface area contributed by atoms with Crippen molar-refractivity contribution in [3.63, 3.8) is 0 Å². The van der Waals surface area contributed by atoms with E-state index in [0.29, 0.717) is 5.56 Å². The Balaban J connectivity index is 2.57. The molecule has 1 aromatic rings. The van der Waals surface area contributed by atoms with Crippen LogP contribution in [0.4, 0.5) is 0 Å². The zero-order chi connectivity index (χ0) is 14.5. The Morgan fingerprint density at radius 1 is 1.26 bits per heavy atom. The van der Waals surface area contributed by atoms with E-state index < -0.39 is 0 Å². The Labute approximate surface area is 120 Å². The SMILES string of the molecule is COC(=O)c1ccc(SCC(C)(C)CN(C)C)cc1. The van der Waals surface area contributed by atoms with Crippen molar-refractivity contribution in [3.8, 4) is 0 Å². The fourth-order valence-electron chi connectivity index (χ4n) is 1.99. The van der Waals surface area contributed by atoms with Gasteiger partial charge in [-0.3, -0.25) is 0 Å². The lowest BCUT2D eigenvalue weighted by Gasteiger charge is -2.27. The second-order valence-corrected chi connectivity index (χ2v) is 6.76. The first kappa shape index (κ1) is 16.1. The molecule has 0 unspecified atom stereocenters. The van der Waals surface area contributed by atoms with E-state index in [2.05, 4.69) is 37.6 Å². The summed E-state index contributed by atoms with van der Waals surface area (Å²) < 4.78 is 4.68. The highest BCUT2D eigenvalue weighted by Crippen LogP contribution is 2.28. The van der Waals surface area contributed by atoms with Gasteiger partial charge < -0.3 is 9.64 Å². The number of rotatable bonds is 6. The molecule has 1 aromatic carbocycles. The quantitative estimate of drug-likeness (QED) is 0.592. The van der Waals surface area contributed by atoms with Gasteiger partial charge in [-0.25, -0.2) is 4.79 Å². The van der Waals surface area contributed by atoms with Crippen LogP contribution in [0.2, 0.25) is 0 Å². The summed E-state index contributed by atoms with van der Waals surface area (Å²) in [5, 5.41) is 0. The Morgan fingerprint density at radius 2 is 1.84 bits per heavy atom. The maximum atomic E-state index is 11.3. The maximum Gasteiger partial charge on any atom is 0.337 e. The number of hydrogen-bond donors (Lipinski definition) is 0. The Hall–Kier alpha value is -1.00. The van der Waals surface area contributed by atoms with Crippen LogP contribution in [-0.4, -0.2) is 44.4 Å². The number of hydrogen-bond acceptors (Lipinski definition) is 4. The van der Waals surface area contributed by atoms with E-state index in [0.717, 1.165) is 12.3 Å². The molecule has 0 atom stereocenters. The van der Waals surface area contributed by atoms with Gasteiger partial charge in [0.15, 0.2) is 0 Å². The lowest BCUT2D eigenvalue weighted by molar-refractivity contribution is 0.0600. The summed E-state index contributed by atoms with van der Waals surface area (Å²) in [7, 11) is 5.59. The second kappa shape index (κ2) is 6.96. The monoisotopic (exact) mass is 281 g/mol. The third kappa shape index (κ3) is 5.66. The fourth-order valence-corrected chi connectivity index (χ4v) is 2.96. The van der Waals surface area contributed by atoms with Crippen molar-refractivity contribution in [3.05, 3.63) is 29.8 Å². The molecular formula is C15H23NO2S. The van der Waals surface area contributed by atoms with Crippen molar-refractivity contribution < 1.29 is 9.53 Å². The van der Waals surface area contributed by atoms with Crippen LogP contribution in [0.5, 0.6) is 0 Å². The van der Waals surface area contributed by atoms with Crippen molar-refractivity contribution in [2.45, 2.75) is 18.7 Å². The predicted octanol–water partition coefficient (Wildman–Crippen LogP) is 3.15. The van der Waals surface area contributed by atoms with Crippen molar-refractivity contribution >= 4 is 17.7 Å². The van der Waals surface area contributed by atoms with Crippen LogP contribution in [0.3, 0.4) is 0 Å². The largest absolute Gasteiger partial charge is 0.465 e. The van der Waals surface area contributed by atoms with Gasteiger partial charge in [0, 0.05) is 17.2 Å². The molecular weight excluding hydrogens is 258 g/mol. The Bertz CT molecular complexity index is 413. The summed E-state index contributed by atoms with van der Waals surface area (Å²) >= 11 is 1.82. The molecule has 0 spiro atoms. The predicted molar refractivity (Wildman–Crippen MR) is 80.8 cm³/mol. The highest BCUT2D eigenvalue weighted by Gasteiger charge is 2.19. The molecule has 0 aliphatic rings. The number of ether oxygens (including phenoxy) is 1. The van der Waals surface area contributed by atoms with Crippen molar-refractivity contribution in [2.24, 2.45) is 5.41 Å². The average Bonchev–Trinajstić information content (AvgIpc) is 2.34. The average molecular weight is 281 g/mol. The van der Waals surface area contributed by atoms with E-state index in [-0.39, 0.29) is 11.4 Å². The fraction of sp³-hybridized carbons (Fsp3) is 0.533. The molecule has 0 aliphatic heterocycles. The number of carbonyl (C=O) groups is 1. The standard InChI is InChI=1S/C15H23NO2S/c1-15(2,10-16(3)4)11-19-13-8-6-12(7-9-13)14(17)18-5/h6-9H,10-11H2,1-5H3. The van der Waals surface area contributed by atoms with Crippen LogP contribution < -0.4 is 0 Å². The van der Waals surface area contributed by atoms with Crippen LogP contribution >= 0.6 is 11.8 Å². The molecule has 0 saturated heterocycles. The minimum Gasteiger partial charge on any atom is -0.465 e. The Kier molecular flexibility index (Phi) is 5.88. The number of methoxy groups -OCH3 is 1. The van der Waals surface area contributed by atoms with E-state index in [4.69, 9.17) is 0 Å². The summed E-state index contributed by atoms with van der Waals surface area (Å²) in [6, 6.07) is 7.57. The minimum atomic E-state index is -0.288. The second-order valence-electron chi connectivity index (χ2n) is 5.71. The van der Waals surface area contributed by atoms with Gasteiger partial charge in [-0.2, -0.15) is 0 Å². The van der Waals surface area contributed by atoms with Crippen molar-refractivity contribution in [1.82, 2.24) is 4.90 Å². The third-order valence-corrected chi connectivity index (χ3v) is 4.18. The van der Waals surface area contributed by atoms with E-state index in [1.54, 1.807) is 0 Å². The molecule has 1 rings (SSSR count). The molecule has 0 amide bonds. The molecule has 0 aliphatic carbocycles. The number of carbonyl (C=O) groups excluding carboxylic acids is 1. The maximum absolute atomic E-state index is 11.3. The van der Waals surface area contributed by atoms with Gasteiger partial charge in [-0.05, 0) is 43.8 Å². The van der Waals surface area contributed by atoms with Crippen LogP contribution in [0.25, 0.3) is 0 Å². The van der Waals surface area contributed by atoms with E-state index >= 15 is 0 Å². The van der Waals surface area contributed by atoms with Crippen LogP contribution in [0.1, 0.15) is 24.2 Å². The van der Waals surface area contributed by atoms with E-state index in [9.17, 15) is 4.79 Å². The van der Waals surface area contributed by atoms with E-state index in [1.165, 1.54) is 12.0 Å². The van der Waals surface area contributed by atoms with Gasteiger partial charge in [-0.1, -0.05) is 13.8 Å². The summed E-state index contributed by atoms with van der Waals surface area (Å²) in [6.07, 6.45) is 0. The topological polar surface area (TPSA) is 29.5 Å². The van der Waals surface area contributed by atoms with Crippen LogP contribution in [0, 0.1) is 5.41 Å². The summed E-state index contributed by atoms with van der Waals surface area (Å²) in [6.45, 7) is 5.59. The molecule has 4 heteroatoms. The number of esters is 1. The van der Waals surface area contributed by atoms with Crippen molar-refractivity contribution in [1.29, 1.82) is 0 Å². The molecule has 0 fully saturated rings. The van der Waals surface area contributed by atoms with E-state index in [1.807, 2.05) is 36.0 Å². The highest BCUT2D eigenvalue weighted by molar-refractivity contribution is 7.99. The molecule has 0 aromatic heterocycles. The molecule has 106 valence electrons.